The summed E-state index contributed by atoms with van der Waals surface area (Å²) in [5.74, 6) is 1.12. The molecule has 0 unspecified atom stereocenters. The topological polar surface area (TPSA) is 52.0 Å². The average Bonchev–Trinajstić information content (AvgIpc) is 2.73. The molecule has 1 amide bonds. The van der Waals surface area contributed by atoms with Gasteiger partial charge in [0.1, 0.15) is 6.54 Å². The molecule has 2 aromatic carbocycles. The molecule has 5 heteroatoms. The van der Waals surface area contributed by atoms with Gasteiger partial charge < -0.3 is 19.7 Å². The van der Waals surface area contributed by atoms with Gasteiger partial charge >= 0.3 is 0 Å². The number of quaternary nitrogens is 1. The highest BCUT2D eigenvalue weighted by molar-refractivity contribution is 5.77. The second-order valence-corrected chi connectivity index (χ2v) is 7.20. The number of hydrogen-bond acceptors (Lipinski definition) is 3. The molecule has 0 aliphatic carbocycles. The molecular weight excluding hydrogens is 352 g/mol. The number of rotatable bonds is 9. The van der Waals surface area contributed by atoms with Gasteiger partial charge in [0.15, 0.2) is 18.1 Å². The van der Waals surface area contributed by atoms with E-state index in [0.717, 1.165) is 6.54 Å². The number of amides is 1. The van der Waals surface area contributed by atoms with Crippen LogP contribution >= 0.6 is 0 Å². The minimum Gasteiger partial charge on any atom is -0.490 e. The summed E-state index contributed by atoms with van der Waals surface area (Å²) in [5.41, 5.74) is 2.51. The van der Waals surface area contributed by atoms with Crippen LogP contribution in [0.3, 0.4) is 0 Å². The lowest BCUT2D eigenvalue weighted by Gasteiger charge is -2.24. The predicted molar refractivity (Wildman–Crippen MR) is 110 cm³/mol. The third-order valence-corrected chi connectivity index (χ3v) is 5.10. The van der Waals surface area contributed by atoms with Crippen LogP contribution in [0, 0.1) is 0 Å². The lowest BCUT2D eigenvalue weighted by atomic mass is 10.0. The van der Waals surface area contributed by atoms with Gasteiger partial charge in [-0.2, -0.15) is 0 Å². The Morgan fingerprint density at radius 1 is 0.929 bits per heavy atom. The third-order valence-electron chi connectivity index (χ3n) is 5.10. The Morgan fingerprint density at radius 2 is 1.57 bits per heavy atom. The van der Waals surface area contributed by atoms with Crippen molar-refractivity contribution in [3.63, 3.8) is 0 Å². The predicted octanol–water partition coefficient (Wildman–Crippen LogP) is 2.35. The average molecular weight is 384 g/mol. The van der Waals surface area contributed by atoms with Gasteiger partial charge in [-0.25, -0.2) is 0 Å². The molecule has 3 rings (SSSR count). The van der Waals surface area contributed by atoms with E-state index in [1.54, 1.807) is 4.90 Å². The number of carbonyl (C=O) groups is 1. The van der Waals surface area contributed by atoms with E-state index in [1.807, 2.05) is 37.3 Å². The van der Waals surface area contributed by atoms with Crippen molar-refractivity contribution in [2.75, 3.05) is 26.3 Å². The molecule has 2 aromatic rings. The van der Waals surface area contributed by atoms with E-state index in [0.29, 0.717) is 24.7 Å². The largest absolute Gasteiger partial charge is 0.490 e. The van der Waals surface area contributed by atoms with Gasteiger partial charge in [-0.15, -0.1) is 0 Å². The van der Waals surface area contributed by atoms with Crippen LogP contribution in [-0.2, 0) is 17.9 Å². The Labute approximate surface area is 167 Å². The first-order valence-corrected chi connectivity index (χ1v) is 10.3. The Hall–Kier alpha value is -2.53. The number of hydrogen-bond donors (Lipinski definition) is 2. The lowest BCUT2D eigenvalue weighted by Crippen LogP contribution is -3.11. The van der Waals surface area contributed by atoms with Crippen molar-refractivity contribution in [2.45, 2.75) is 39.3 Å². The van der Waals surface area contributed by atoms with E-state index < -0.39 is 0 Å². The second kappa shape index (κ2) is 10.7. The minimum absolute atomic E-state index is 0.0242. The van der Waals surface area contributed by atoms with Crippen molar-refractivity contribution in [2.24, 2.45) is 0 Å². The number of nitrogens with one attached hydrogen (secondary N) is 2. The van der Waals surface area contributed by atoms with Gasteiger partial charge in [-0.3, -0.25) is 4.79 Å². The third kappa shape index (κ3) is 5.99. The van der Waals surface area contributed by atoms with Crippen LogP contribution in [0.1, 0.15) is 37.3 Å². The molecule has 28 heavy (non-hydrogen) atoms. The number of likely N-dealkylation sites (tertiary alicyclic amines) is 1. The van der Waals surface area contributed by atoms with Crippen molar-refractivity contribution >= 4 is 5.91 Å². The summed E-state index contributed by atoms with van der Waals surface area (Å²) in [6.07, 6.45) is 3.98. The Morgan fingerprint density at radius 3 is 2.29 bits per heavy atom. The van der Waals surface area contributed by atoms with Crippen LogP contribution in [-0.4, -0.2) is 32.2 Å². The van der Waals surface area contributed by atoms with Crippen LogP contribution in [0.2, 0.25) is 0 Å². The minimum atomic E-state index is -0.133. The highest BCUT2D eigenvalue weighted by Gasteiger charge is 2.16. The normalized spacial score (nSPS) is 14.5. The van der Waals surface area contributed by atoms with Gasteiger partial charge in [0, 0.05) is 12.1 Å². The van der Waals surface area contributed by atoms with Crippen molar-refractivity contribution in [1.82, 2.24) is 5.32 Å². The summed E-state index contributed by atoms with van der Waals surface area (Å²) in [4.78, 5) is 13.9. The monoisotopic (exact) mass is 383 g/mol. The molecule has 0 bridgehead atoms. The molecular formula is C23H31N2O3+. The van der Waals surface area contributed by atoms with E-state index in [9.17, 15) is 4.79 Å². The Bertz CT molecular complexity index is 757. The summed E-state index contributed by atoms with van der Waals surface area (Å²) in [7, 11) is 0. The highest BCUT2D eigenvalue weighted by atomic mass is 16.5. The van der Waals surface area contributed by atoms with Crippen molar-refractivity contribution < 1.29 is 19.2 Å². The first-order valence-electron chi connectivity index (χ1n) is 10.3. The van der Waals surface area contributed by atoms with Crippen molar-refractivity contribution in [3.8, 4) is 11.5 Å². The summed E-state index contributed by atoms with van der Waals surface area (Å²) in [6, 6.07) is 15.8. The van der Waals surface area contributed by atoms with Crippen molar-refractivity contribution in [1.29, 1.82) is 0 Å². The molecule has 1 aliphatic rings. The van der Waals surface area contributed by atoms with E-state index in [2.05, 4.69) is 23.5 Å². The number of piperidine rings is 1. The molecule has 0 saturated carbocycles. The molecule has 1 saturated heterocycles. The fourth-order valence-electron chi connectivity index (χ4n) is 3.63. The quantitative estimate of drug-likeness (QED) is 0.699. The standard InChI is InChI=1S/C23H30N2O3/c1-2-27-21-12-6-7-13-22(21)28-18-23(26)24-16-19-10-4-5-11-20(19)17-25-14-8-3-9-15-25/h4-7,10-13H,2-3,8-9,14-18H2,1H3,(H,24,26)/p+1. The van der Waals surface area contributed by atoms with Crippen LogP contribution < -0.4 is 19.7 Å². The number of ether oxygens (including phenoxy) is 2. The van der Waals surface area contributed by atoms with Gasteiger partial charge in [-0.1, -0.05) is 36.4 Å². The van der Waals surface area contributed by atoms with Gasteiger partial charge in [0.2, 0.25) is 0 Å². The maximum Gasteiger partial charge on any atom is 0.258 e. The van der Waals surface area contributed by atoms with Crippen LogP contribution in [0.15, 0.2) is 48.5 Å². The SMILES string of the molecule is CCOc1ccccc1OCC(=O)NCc1ccccc1C[NH+]1CCCCC1. The molecule has 2 N–H and O–H groups in total. The first-order chi connectivity index (χ1) is 13.8. The van der Waals surface area contributed by atoms with E-state index in [-0.39, 0.29) is 12.5 Å². The van der Waals surface area contributed by atoms with E-state index >= 15 is 0 Å². The van der Waals surface area contributed by atoms with Crippen molar-refractivity contribution in [3.05, 3.63) is 59.7 Å². The Balaban J connectivity index is 1.51. The summed E-state index contributed by atoms with van der Waals surface area (Å²) >= 11 is 0. The van der Waals surface area contributed by atoms with E-state index in [4.69, 9.17) is 9.47 Å². The molecule has 0 spiro atoms. The first kappa shape index (κ1) is 20.2. The van der Waals surface area contributed by atoms with Gasteiger partial charge in [0.05, 0.1) is 19.7 Å². The smallest absolute Gasteiger partial charge is 0.258 e. The molecule has 150 valence electrons. The van der Waals surface area contributed by atoms with E-state index in [1.165, 1.54) is 43.5 Å². The van der Waals surface area contributed by atoms with Gasteiger partial charge in [-0.05, 0) is 43.9 Å². The maximum absolute atomic E-state index is 12.3. The van der Waals surface area contributed by atoms with Crippen LogP contribution in [0.5, 0.6) is 11.5 Å². The molecule has 1 fully saturated rings. The molecule has 0 radical (unpaired) electrons. The van der Waals surface area contributed by atoms with Crippen LogP contribution in [0.4, 0.5) is 0 Å². The fraction of sp³-hybridized carbons (Fsp3) is 0.435. The summed E-state index contributed by atoms with van der Waals surface area (Å²) in [6.45, 7) is 6.50. The fourth-order valence-corrected chi connectivity index (χ4v) is 3.63. The maximum atomic E-state index is 12.3. The number of para-hydroxylation sites is 2. The zero-order chi connectivity index (χ0) is 19.6. The number of benzene rings is 2. The van der Waals surface area contributed by atoms with Gasteiger partial charge in [0.25, 0.3) is 5.91 Å². The molecule has 1 heterocycles. The number of carbonyl (C=O) groups excluding carboxylic acids is 1. The Kier molecular flexibility index (Phi) is 7.73. The lowest BCUT2D eigenvalue weighted by molar-refractivity contribution is -0.918. The zero-order valence-corrected chi connectivity index (χ0v) is 16.7. The molecule has 5 nitrogen and oxygen atoms in total. The molecule has 1 aliphatic heterocycles. The summed E-state index contributed by atoms with van der Waals surface area (Å²) in [5, 5.41) is 2.98. The highest BCUT2D eigenvalue weighted by Crippen LogP contribution is 2.26. The summed E-state index contributed by atoms with van der Waals surface area (Å²) < 4.78 is 11.2. The van der Waals surface area contributed by atoms with Crippen LogP contribution in [0.25, 0.3) is 0 Å². The molecule has 0 atom stereocenters. The molecule has 0 aromatic heterocycles. The second-order valence-electron chi connectivity index (χ2n) is 7.20. The zero-order valence-electron chi connectivity index (χ0n) is 16.7.